The summed E-state index contributed by atoms with van der Waals surface area (Å²) >= 11 is 0. The quantitative estimate of drug-likeness (QED) is 0.447. The molecule has 2 aromatic carbocycles. The van der Waals surface area contributed by atoms with Crippen LogP contribution in [0.25, 0.3) is 22.0 Å². The molecular formula is C29H29N5O4. The van der Waals surface area contributed by atoms with Gasteiger partial charge >= 0.3 is 0 Å². The second-order valence-electron chi connectivity index (χ2n) is 10.8. The normalized spacial score (nSPS) is 19.4. The predicted molar refractivity (Wildman–Crippen MR) is 144 cm³/mol. The van der Waals surface area contributed by atoms with Crippen LogP contribution < -0.4 is 15.4 Å². The molecule has 1 atom stereocenters. The summed E-state index contributed by atoms with van der Waals surface area (Å²) in [4.78, 5) is 34.1. The molecule has 1 N–H and O–H groups in total. The van der Waals surface area contributed by atoms with Crippen molar-refractivity contribution in [3.8, 4) is 6.07 Å². The minimum atomic E-state index is -0.702. The highest BCUT2D eigenvalue weighted by Gasteiger charge is 2.38. The van der Waals surface area contributed by atoms with E-state index in [1.165, 1.54) is 4.57 Å². The van der Waals surface area contributed by atoms with Crippen LogP contribution in [-0.2, 0) is 17.3 Å². The Balaban J connectivity index is 1.37. The Labute approximate surface area is 219 Å². The number of nitriles is 1. The summed E-state index contributed by atoms with van der Waals surface area (Å²) in [6, 6.07) is 13.6. The molecule has 2 saturated heterocycles. The SMILES string of the molecule is Cc1ccc2oc(C3(C)CCN(c4c(C#N)c(=O)n(C)c5cc(N6C[C@H](O)CC6=O)ccc45)CC3)nc2c1. The first-order chi connectivity index (χ1) is 18.2. The molecular weight excluding hydrogens is 482 g/mol. The highest BCUT2D eigenvalue weighted by atomic mass is 16.3. The number of oxazole rings is 1. The molecule has 2 aliphatic rings. The number of carbonyl (C=O) groups is 1. The highest BCUT2D eigenvalue weighted by molar-refractivity contribution is 6.01. The summed E-state index contributed by atoms with van der Waals surface area (Å²) in [7, 11) is 1.64. The predicted octanol–water partition coefficient (Wildman–Crippen LogP) is 3.52. The average molecular weight is 512 g/mol. The van der Waals surface area contributed by atoms with Crippen molar-refractivity contribution in [1.82, 2.24) is 9.55 Å². The number of pyridine rings is 1. The van der Waals surface area contributed by atoms with Crippen LogP contribution in [0.2, 0.25) is 0 Å². The van der Waals surface area contributed by atoms with E-state index in [1.807, 2.05) is 37.3 Å². The van der Waals surface area contributed by atoms with Gasteiger partial charge < -0.3 is 23.9 Å². The number of aryl methyl sites for hydroxylation is 2. The van der Waals surface area contributed by atoms with Crippen LogP contribution in [0, 0.1) is 18.3 Å². The van der Waals surface area contributed by atoms with Gasteiger partial charge in [0.25, 0.3) is 5.56 Å². The minimum absolute atomic E-state index is 0.0851. The fraction of sp³-hybridized carbons (Fsp3) is 0.379. The van der Waals surface area contributed by atoms with Gasteiger partial charge in [0.2, 0.25) is 11.8 Å². The summed E-state index contributed by atoms with van der Waals surface area (Å²) in [6.07, 6.45) is 0.880. The van der Waals surface area contributed by atoms with E-state index in [9.17, 15) is 20.0 Å². The fourth-order valence-electron chi connectivity index (χ4n) is 5.78. The third kappa shape index (κ3) is 3.75. The molecule has 0 saturated carbocycles. The summed E-state index contributed by atoms with van der Waals surface area (Å²) in [5.41, 5.74) is 4.12. The maximum absolute atomic E-state index is 13.3. The standard InChI is InChI=1S/C29H29N5O4/c1-17-4-7-24-22(12-17)31-28(38-24)29(2)8-10-33(11-9-29)26-20-6-5-18(34-16-19(35)14-25(34)36)13-23(20)32(3)27(37)21(26)15-30/h4-7,12-13,19,35H,8-11,14,16H2,1-3H3/t19-/m1/s1. The zero-order valence-corrected chi connectivity index (χ0v) is 21.7. The van der Waals surface area contributed by atoms with Crippen molar-refractivity contribution < 1.29 is 14.3 Å². The largest absolute Gasteiger partial charge is 0.440 e. The first-order valence-corrected chi connectivity index (χ1v) is 12.9. The van der Waals surface area contributed by atoms with Gasteiger partial charge in [0.15, 0.2) is 5.58 Å². The maximum Gasteiger partial charge on any atom is 0.270 e. The maximum atomic E-state index is 13.3. The first kappa shape index (κ1) is 24.2. The topological polar surface area (TPSA) is 116 Å². The average Bonchev–Trinajstić information content (AvgIpc) is 3.48. The molecule has 2 aliphatic heterocycles. The Morgan fingerprint density at radius 2 is 1.92 bits per heavy atom. The zero-order valence-electron chi connectivity index (χ0n) is 21.7. The molecule has 1 amide bonds. The van der Waals surface area contributed by atoms with Crippen molar-refractivity contribution in [1.29, 1.82) is 5.26 Å². The lowest BCUT2D eigenvalue weighted by Gasteiger charge is -2.39. The number of amides is 1. The van der Waals surface area contributed by atoms with Gasteiger partial charge in [-0.2, -0.15) is 5.26 Å². The van der Waals surface area contributed by atoms with Crippen molar-refractivity contribution in [2.24, 2.45) is 7.05 Å². The number of benzene rings is 2. The zero-order chi connectivity index (χ0) is 26.8. The van der Waals surface area contributed by atoms with Crippen LogP contribution in [0.5, 0.6) is 0 Å². The van der Waals surface area contributed by atoms with Crippen molar-refractivity contribution in [3.05, 3.63) is 63.8 Å². The lowest BCUT2D eigenvalue weighted by molar-refractivity contribution is -0.117. The van der Waals surface area contributed by atoms with E-state index >= 15 is 0 Å². The molecule has 0 bridgehead atoms. The molecule has 4 aromatic rings. The molecule has 194 valence electrons. The van der Waals surface area contributed by atoms with Crippen LogP contribution in [0.1, 0.15) is 43.2 Å². The number of rotatable bonds is 3. The lowest BCUT2D eigenvalue weighted by Crippen LogP contribution is -2.42. The summed E-state index contributed by atoms with van der Waals surface area (Å²) in [6.45, 7) is 5.67. The molecule has 0 spiro atoms. The van der Waals surface area contributed by atoms with E-state index in [4.69, 9.17) is 9.40 Å². The molecule has 38 heavy (non-hydrogen) atoms. The molecule has 4 heterocycles. The van der Waals surface area contributed by atoms with Crippen LogP contribution in [0.15, 0.2) is 45.6 Å². The lowest BCUT2D eigenvalue weighted by atomic mass is 9.80. The van der Waals surface area contributed by atoms with Gasteiger partial charge in [-0.1, -0.05) is 13.0 Å². The van der Waals surface area contributed by atoms with Gasteiger partial charge in [-0.25, -0.2) is 4.98 Å². The Bertz CT molecular complexity index is 1700. The third-order valence-electron chi connectivity index (χ3n) is 8.12. The number of piperidine rings is 1. The first-order valence-electron chi connectivity index (χ1n) is 12.9. The van der Waals surface area contributed by atoms with Crippen LogP contribution in [0.3, 0.4) is 0 Å². The number of carbonyl (C=O) groups excluding carboxylic acids is 1. The fourth-order valence-corrected chi connectivity index (χ4v) is 5.78. The van der Waals surface area contributed by atoms with E-state index in [2.05, 4.69) is 17.9 Å². The molecule has 0 aliphatic carbocycles. The van der Waals surface area contributed by atoms with E-state index in [1.54, 1.807) is 18.0 Å². The number of β-amino-alcohol motifs (C(OH)–C–C–N with tert-alkyl or cyclic N) is 1. The number of anilines is 2. The molecule has 0 unspecified atom stereocenters. The van der Waals surface area contributed by atoms with Gasteiger partial charge in [0, 0.05) is 36.6 Å². The summed E-state index contributed by atoms with van der Waals surface area (Å²) < 4.78 is 7.61. The highest BCUT2D eigenvalue weighted by Crippen LogP contribution is 2.40. The number of aliphatic hydroxyl groups excluding tert-OH is 1. The Morgan fingerprint density at radius 1 is 1.16 bits per heavy atom. The van der Waals surface area contributed by atoms with Crippen molar-refractivity contribution in [3.63, 3.8) is 0 Å². The third-order valence-corrected chi connectivity index (χ3v) is 8.12. The number of nitrogens with zero attached hydrogens (tertiary/aromatic N) is 5. The van der Waals surface area contributed by atoms with Crippen LogP contribution in [-0.4, -0.2) is 46.3 Å². The van der Waals surface area contributed by atoms with Crippen molar-refractivity contribution in [2.45, 2.75) is 44.6 Å². The van der Waals surface area contributed by atoms with Gasteiger partial charge in [0.05, 0.1) is 30.3 Å². The molecule has 6 rings (SSSR count). The Kier molecular flexibility index (Phi) is 5.54. The number of aromatic nitrogens is 2. The molecule has 0 radical (unpaired) electrons. The molecule has 2 fully saturated rings. The van der Waals surface area contributed by atoms with E-state index in [-0.39, 0.29) is 35.4 Å². The second-order valence-corrected chi connectivity index (χ2v) is 10.8. The number of hydrogen-bond acceptors (Lipinski definition) is 7. The smallest absolute Gasteiger partial charge is 0.270 e. The van der Waals surface area contributed by atoms with Crippen molar-refractivity contribution in [2.75, 3.05) is 29.4 Å². The summed E-state index contributed by atoms with van der Waals surface area (Å²) in [5, 5.41) is 20.7. The molecule has 9 heteroatoms. The number of fused-ring (bicyclic) bond motifs is 2. The second kappa shape index (κ2) is 8.71. The minimum Gasteiger partial charge on any atom is -0.440 e. The van der Waals surface area contributed by atoms with E-state index in [0.717, 1.165) is 34.9 Å². The monoisotopic (exact) mass is 511 g/mol. The Morgan fingerprint density at radius 3 is 2.61 bits per heavy atom. The molecule has 9 nitrogen and oxygen atoms in total. The van der Waals surface area contributed by atoms with Crippen LogP contribution in [0.4, 0.5) is 11.4 Å². The Hall–Kier alpha value is -4.16. The van der Waals surface area contributed by atoms with Crippen molar-refractivity contribution >= 4 is 39.3 Å². The van der Waals surface area contributed by atoms with E-state index in [0.29, 0.717) is 35.9 Å². The number of hydrogen-bond donors (Lipinski definition) is 1. The van der Waals surface area contributed by atoms with Gasteiger partial charge in [-0.05, 0) is 55.7 Å². The van der Waals surface area contributed by atoms with Gasteiger partial charge in [-0.15, -0.1) is 0 Å². The number of aliphatic hydroxyl groups is 1. The van der Waals surface area contributed by atoms with Gasteiger partial charge in [0.1, 0.15) is 17.1 Å². The molecule has 2 aromatic heterocycles. The van der Waals surface area contributed by atoms with Crippen LogP contribution >= 0.6 is 0 Å². The van der Waals surface area contributed by atoms with Gasteiger partial charge in [-0.3, -0.25) is 9.59 Å². The van der Waals surface area contributed by atoms with E-state index < -0.39 is 6.10 Å². The summed E-state index contributed by atoms with van der Waals surface area (Å²) in [5.74, 6) is 0.564.